The smallest absolute Gasteiger partial charge is 0.389 e. The van der Waals surface area contributed by atoms with E-state index in [2.05, 4.69) is 10.6 Å². The summed E-state index contributed by atoms with van der Waals surface area (Å²) in [6.45, 7) is 5.91. The van der Waals surface area contributed by atoms with Crippen molar-refractivity contribution < 1.29 is 51.6 Å². The van der Waals surface area contributed by atoms with Gasteiger partial charge in [0, 0.05) is 56.5 Å². The molecule has 4 atom stereocenters. The van der Waals surface area contributed by atoms with Gasteiger partial charge < -0.3 is 44.5 Å². The van der Waals surface area contributed by atoms with Crippen LogP contribution in [-0.4, -0.2) is 97.3 Å². The summed E-state index contributed by atoms with van der Waals surface area (Å²) in [5.41, 5.74) is 0.751. The first-order valence-electron chi connectivity index (χ1n) is 16.4. The number of nitrogens with zero attached hydrogens (tertiary/aromatic N) is 2. The number of alkyl halides is 3. The highest BCUT2D eigenvalue weighted by Crippen LogP contribution is 2.34. The van der Waals surface area contributed by atoms with E-state index in [4.69, 9.17) is 18.9 Å². The summed E-state index contributed by atoms with van der Waals surface area (Å²) in [5, 5.41) is 15.4. The molecule has 0 bridgehead atoms. The highest BCUT2D eigenvalue weighted by molar-refractivity contribution is 5.99. The molecule has 2 aliphatic heterocycles. The highest BCUT2D eigenvalue weighted by Gasteiger charge is 2.32. The van der Waals surface area contributed by atoms with Crippen molar-refractivity contribution in [1.29, 1.82) is 0 Å². The molecule has 2 aliphatic rings. The fourth-order valence-corrected chi connectivity index (χ4v) is 5.49. The first-order chi connectivity index (χ1) is 23.2. The van der Waals surface area contributed by atoms with Crippen LogP contribution in [0.1, 0.15) is 63.2 Å². The van der Waals surface area contributed by atoms with Gasteiger partial charge in [0.1, 0.15) is 5.75 Å². The maximum atomic E-state index is 14.2. The zero-order valence-electron chi connectivity index (χ0n) is 28.2. The zero-order valence-corrected chi connectivity index (χ0v) is 28.2. The molecule has 3 N–H and O–H groups in total. The monoisotopic (exact) mass is 694 g/mol. The number of fused-ring (bicyclic) bond motifs is 2. The molecule has 2 aromatic rings. The summed E-state index contributed by atoms with van der Waals surface area (Å²) in [5.74, 6) is -0.306. The lowest BCUT2D eigenvalue weighted by Gasteiger charge is -2.35. The van der Waals surface area contributed by atoms with Crippen LogP contribution in [0, 0.1) is 5.92 Å². The van der Waals surface area contributed by atoms with Crippen molar-refractivity contribution >= 4 is 29.2 Å². The van der Waals surface area contributed by atoms with Crippen LogP contribution in [-0.2, 0) is 9.53 Å². The van der Waals surface area contributed by atoms with Gasteiger partial charge in [-0.05, 0) is 63.4 Å². The molecule has 2 aromatic carbocycles. The van der Waals surface area contributed by atoms with Gasteiger partial charge in [0.25, 0.3) is 5.91 Å². The van der Waals surface area contributed by atoms with E-state index in [9.17, 15) is 32.7 Å². The molecule has 0 saturated carbocycles. The zero-order chi connectivity index (χ0) is 35.7. The fourth-order valence-electron chi connectivity index (χ4n) is 5.49. The SMILES string of the molecule is C[C@@H]1CN([C@H](C)CO)C(=O)c2cc(NC(=O)CCC(F)(F)F)ccc2O[C@@H](C)CCCCO[C@H]1CN(C)C(=O)Nc1ccc2c(c1)OCO2. The second-order valence-corrected chi connectivity index (χ2v) is 12.6. The van der Waals surface area contributed by atoms with Crippen molar-refractivity contribution in [2.24, 2.45) is 5.92 Å². The number of rotatable bonds is 8. The minimum absolute atomic E-state index is 0.0859. The van der Waals surface area contributed by atoms with Crippen LogP contribution < -0.4 is 24.8 Å². The average molecular weight is 695 g/mol. The summed E-state index contributed by atoms with van der Waals surface area (Å²) in [6, 6.07) is 8.44. The average Bonchev–Trinajstić information content (AvgIpc) is 3.52. The van der Waals surface area contributed by atoms with Gasteiger partial charge in [-0.25, -0.2) is 4.79 Å². The van der Waals surface area contributed by atoms with Crippen LogP contribution in [0.4, 0.5) is 29.3 Å². The third-order valence-electron chi connectivity index (χ3n) is 8.40. The topological polar surface area (TPSA) is 139 Å². The predicted molar refractivity (Wildman–Crippen MR) is 175 cm³/mol. The maximum absolute atomic E-state index is 14.2. The van der Waals surface area contributed by atoms with E-state index in [-0.39, 0.29) is 61.5 Å². The molecule has 0 unspecified atom stereocenters. The van der Waals surface area contributed by atoms with E-state index in [1.807, 2.05) is 13.8 Å². The number of aliphatic hydroxyl groups is 1. The number of anilines is 2. The molecule has 0 saturated heterocycles. The summed E-state index contributed by atoms with van der Waals surface area (Å²) >= 11 is 0. The van der Waals surface area contributed by atoms with E-state index in [1.165, 1.54) is 28.0 Å². The first kappa shape index (κ1) is 37.6. The molecule has 0 aromatic heterocycles. The van der Waals surface area contributed by atoms with Gasteiger partial charge in [-0.2, -0.15) is 13.2 Å². The Bertz CT molecular complexity index is 1460. The lowest BCUT2D eigenvalue weighted by atomic mass is 10.0. The minimum atomic E-state index is -4.49. The van der Waals surface area contributed by atoms with Crippen molar-refractivity contribution in [2.75, 3.05) is 50.8 Å². The number of ether oxygens (including phenoxy) is 4. The quantitative estimate of drug-likeness (QED) is 0.322. The van der Waals surface area contributed by atoms with Gasteiger partial charge in [0.15, 0.2) is 11.5 Å². The molecule has 270 valence electrons. The van der Waals surface area contributed by atoms with Crippen LogP contribution in [0.15, 0.2) is 36.4 Å². The van der Waals surface area contributed by atoms with E-state index >= 15 is 0 Å². The molecular weight excluding hydrogens is 649 g/mol. The van der Waals surface area contributed by atoms with Crippen molar-refractivity contribution in [1.82, 2.24) is 9.80 Å². The number of hydrogen-bond donors (Lipinski definition) is 3. The number of carbonyl (C=O) groups is 3. The normalized spacial score (nSPS) is 20.8. The lowest BCUT2D eigenvalue weighted by Crippen LogP contribution is -2.48. The van der Waals surface area contributed by atoms with Gasteiger partial charge >= 0.3 is 12.2 Å². The van der Waals surface area contributed by atoms with Crippen molar-refractivity contribution in [3.05, 3.63) is 42.0 Å². The van der Waals surface area contributed by atoms with Crippen molar-refractivity contribution in [3.63, 3.8) is 0 Å². The Hall–Kier alpha value is -4.24. The standard InChI is InChI=1S/C34H45F3N4O8/c1-21-17-41(22(2)19-42)32(44)26-15-24(38-31(43)12-13-34(35,36)37)8-10-27(26)49-23(3)7-5-6-14-46-30(21)18-40(4)33(45)39-25-9-11-28-29(16-25)48-20-47-28/h8-11,15-16,21-23,30,42H,5-7,12-14,17-20H2,1-4H3,(H,38,43)(H,39,45)/t21-,22-,23+,30+/m1/s1. The number of hydrogen-bond acceptors (Lipinski definition) is 8. The Morgan fingerprint density at radius 3 is 2.45 bits per heavy atom. The van der Waals surface area contributed by atoms with E-state index in [1.54, 1.807) is 32.2 Å². The predicted octanol–water partition coefficient (Wildman–Crippen LogP) is 5.66. The molecule has 4 amide bonds. The Labute approximate surface area is 283 Å². The number of benzene rings is 2. The number of likely N-dealkylation sites (N-methyl/N-ethyl adjacent to an activating group) is 1. The van der Waals surface area contributed by atoms with Crippen LogP contribution in [0.2, 0.25) is 0 Å². The molecule has 2 heterocycles. The Balaban J connectivity index is 1.55. The fraction of sp³-hybridized carbons (Fsp3) is 0.559. The van der Waals surface area contributed by atoms with Crippen molar-refractivity contribution in [3.8, 4) is 17.2 Å². The number of amides is 4. The molecule has 0 radical (unpaired) electrons. The van der Waals surface area contributed by atoms with Gasteiger partial charge in [-0.1, -0.05) is 6.92 Å². The molecule has 0 spiro atoms. The lowest BCUT2D eigenvalue weighted by molar-refractivity contribution is -0.142. The van der Waals surface area contributed by atoms with E-state index in [0.29, 0.717) is 30.2 Å². The molecule has 0 fully saturated rings. The first-order valence-corrected chi connectivity index (χ1v) is 16.4. The third kappa shape index (κ3) is 10.9. The van der Waals surface area contributed by atoms with Gasteiger partial charge in [0.05, 0.1) is 36.8 Å². The van der Waals surface area contributed by atoms with E-state index in [0.717, 1.165) is 12.8 Å². The maximum Gasteiger partial charge on any atom is 0.389 e. The van der Waals surface area contributed by atoms with E-state index < -0.39 is 43.0 Å². The Morgan fingerprint density at radius 1 is 1.04 bits per heavy atom. The van der Waals surface area contributed by atoms with Crippen LogP contribution in [0.25, 0.3) is 0 Å². The Morgan fingerprint density at radius 2 is 1.73 bits per heavy atom. The highest BCUT2D eigenvalue weighted by atomic mass is 19.4. The Kier molecular flexibility index (Phi) is 13.0. The number of nitrogens with one attached hydrogen (secondary N) is 2. The number of aliphatic hydroxyl groups excluding tert-OH is 1. The molecule has 15 heteroatoms. The summed E-state index contributed by atoms with van der Waals surface area (Å²) in [7, 11) is 1.64. The van der Waals surface area contributed by atoms with Gasteiger partial charge in [-0.15, -0.1) is 0 Å². The van der Waals surface area contributed by atoms with Crippen molar-refractivity contribution in [2.45, 2.75) is 77.3 Å². The summed E-state index contributed by atoms with van der Waals surface area (Å²) in [6.07, 6.45) is -5.21. The number of halogens is 3. The molecule has 49 heavy (non-hydrogen) atoms. The van der Waals surface area contributed by atoms with Crippen LogP contribution >= 0.6 is 0 Å². The number of urea groups is 1. The molecular formula is C34H45F3N4O8. The summed E-state index contributed by atoms with van der Waals surface area (Å²) < 4.78 is 61.2. The van der Waals surface area contributed by atoms with Gasteiger partial charge in [0.2, 0.25) is 12.7 Å². The second kappa shape index (κ2) is 16.9. The van der Waals surface area contributed by atoms with Crippen LogP contribution in [0.5, 0.6) is 17.2 Å². The summed E-state index contributed by atoms with van der Waals surface area (Å²) in [4.78, 5) is 42.7. The molecule has 12 nitrogen and oxygen atoms in total. The van der Waals surface area contributed by atoms with Gasteiger partial charge in [-0.3, -0.25) is 9.59 Å². The second-order valence-electron chi connectivity index (χ2n) is 12.6. The largest absolute Gasteiger partial charge is 0.490 e. The molecule has 4 rings (SSSR count). The minimum Gasteiger partial charge on any atom is -0.490 e. The van der Waals surface area contributed by atoms with Crippen LogP contribution in [0.3, 0.4) is 0 Å². The molecule has 0 aliphatic carbocycles. The third-order valence-corrected chi connectivity index (χ3v) is 8.40. The number of carbonyl (C=O) groups excluding carboxylic acids is 3.